The predicted octanol–water partition coefficient (Wildman–Crippen LogP) is 4.58. The van der Waals surface area contributed by atoms with Gasteiger partial charge in [-0.3, -0.25) is 4.79 Å². The van der Waals surface area contributed by atoms with Crippen LogP contribution in [0.1, 0.15) is 66.5 Å². The Hall–Kier alpha value is -3.69. The molecule has 0 spiro atoms. The van der Waals surface area contributed by atoms with E-state index >= 15 is 0 Å². The zero-order valence-electron chi connectivity index (χ0n) is 23.0. The van der Waals surface area contributed by atoms with E-state index in [0.29, 0.717) is 31.4 Å². The van der Waals surface area contributed by atoms with Crippen molar-refractivity contribution in [2.75, 3.05) is 13.2 Å². The number of halogens is 4. The van der Waals surface area contributed by atoms with Crippen molar-refractivity contribution < 1.29 is 44.7 Å². The van der Waals surface area contributed by atoms with Gasteiger partial charge in [0.2, 0.25) is 15.9 Å². The molecular formula is C28H30F4N4O6S. The number of oxazole rings is 1. The van der Waals surface area contributed by atoms with Crippen molar-refractivity contribution in [3.63, 3.8) is 0 Å². The molecule has 3 aromatic rings. The zero-order valence-corrected chi connectivity index (χ0v) is 23.8. The molecule has 5 rings (SSSR count). The Labute approximate surface area is 245 Å². The normalized spacial score (nSPS) is 16.6. The molecule has 1 heterocycles. The summed E-state index contributed by atoms with van der Waals surface area (Å²) >= 11 is 0. The van der Waals surface area contributed by atoms with E-state index in [1.165, 1.54) is 25.1 Å². The van der Waals surface area contributed by atoms with Crippen molar-refractivity contribution in [3.05, 3.63) is 65.1 Å². The monoisotopic (exact) mass is 626 g/mol. The summed E-state index contributed by atoms with van der Waals surface area (Å²) in [5.74, 6) is -2.68. The fourth-order valence-electron chi connectivity index (χ4n) is 4.31. The van der Waals surface area contributed by atoms with Crippen LogP contribution in [0.5, 0.6) is 11.5 Å². The number of alkyl halides is 2. The second-order valence-electron chi connectivity index (χ2n) is 10.6. The highest BCUT2D eigenvalue weighted by atomic mass is 32.2. The maximum absolute atomic E-state index is 14.8. The van der Waals surface area contributed by atoms with Gasteiger partial charge in [-0.1, -0.05) is 6.07 Å². The van der Waals surface area contributed by atoms with E-state index < -0.39 is 58.1 Å². The molecule has 1 unspecified atom stereocenters. The molecule has 2 aliphatic carbocycles. The molecule has 1 aromatic heterocycles. The molecule has 0 bridgehead atoms. The van der Waals surface area contributed by atoms with Crippen molar-refractivity contribution in [1.82, 2.24) is 15.0 Å². The molecule has 0 saturated heterocycles. The van der Waals surface area contributed by atoms with Crippen molar-refractivity contribution in [2.45, 2.75) is 56.6 Å². The molecule has 2 saturated carbocycles. The number of sulfonamides is 1. The fourth-order valence-corrected chi connectivity index (χ4v) is 5.70. The number of hydrogen-bond donors (Lipinski definition) is 3. The third-order valence-electron chi connectivity index (χ3n) is 6.96. The number of benzene rings is 2. The lowest BCUT2D eigenvalue weighted by Crippen LogP contribution is -2.39. The molecule has 2 fully saturated rings. The van der Waals surface area contributed by atoms with Gasteiger partial charge in [0.15, 0.2) is 23.0 Å². The lowest BCUT2D eigenvalue weighted by Gasteiger charge is -2.20. The number of ether oxygens (including phenoxy) is 2. The Morgan fingerprint density at radius 1 is 1.12 bits per heavy atom. The number of amides is 1. The average molecular weight is 627 g/mol. The molecule has 2 aliphatic rings. The average Bonchev–Trinajstić information content (AvgIpc) is 3.88. The minimum Gasteiger partial charge on any atom is -0.489 e. The first-order valence-corrected chi connectivity index (χ1v) is 15.2. The Kier molecular flexibility index (Phi) is 8.94. The number of hydrogen-bond acceptors (Lipinski definition) is 8. The molecule has 43 heavy (non-hydrogen) atoms. The SMILES string of the molecule is C[C@H](N)c1oc(-c2ccc(OC(F)F)c(OCC3CC3)c2)nc1C(=O)NC(CNS(=O)(=O)C1CC1)c1ccc(F)cc1F. The van der Waals surface area contributed by atoms with Gasteiger partial charge in [0.25, 0.3) is 5.91 Å². The lowest BCUT2D eigenvalue weighted by atomic mass is 10.1. The maximum atomic E-state index is 14.8. The molecular weight excluding hydrogens is 596 g/mol. The highest BCUT2D eigenvalue weighted by molar-refractivity contribution is 7.90. The first kappa shape index (κ1) is 30.8. The number of carbonyl (C=O) groups excluding carboxylic acids is 1. The van der Waals surface area contributed by atoms with E-state index in [4.69, 9.17) is 14.9 Å². The third-order valence-corrected chi connectivity index (χ3v) is 8.87. The summed E-state index contributed by atoms with van der Waals surface area (Å²) in [6.45, 7) is -1.66. The van der Waals surface area contributed by atoms with E-state index in [1.807, 2.05) is 0 Å². The van der Waals surface area contributed by atoms with Gasteiger partial charge in [0.1, 0.15) is 11.6 Å². The number of aromatic nitrogens is 1. The van der Waals surface area contributed by atoms with Gasteiger partial charge < -0.3 is 24.9 Å². The zero-order chi connectivity index (χ0) is 30.9. The van der Waals surface area contributed by atoms with Crippen molar-refractivity contribution in [2.24, 2.45) is 11.7 Å². The van der Waals surface area contributed by atoms with Crippen LogP contribution in [-0.4, -0.2) is 44.3 Å². The first-order chi connectivity index (χ1) is 20.4. The van der Waals surface area contributed by atoms with Gasteiger partial charge in [-0.05, 0) is 62.8 Å². The summed E-state index contributed by atoms with van der Waals surface area (Å²) < 4.78 is 97.6. The third kappa shape index (κ3) is 7.64. The largest absolute Gasteiger partial charge is 0.489 e. The van der Waals surface area contributed by atoms with E-state index in [2.05, 4.69) is 19.8 Å². The molecule has 2 atom stereocenters. The summed E-state index contributed by atoms with van der Waals surface area (Å²) in [6, 6.07) is 4.66. The fraction of sp³-hybridized carbons (Fsp3) is 0.429. The highest BCUT2D eigenvalue weighted by Gasteiger charge is 2.36. The number of nitrogens with two attached hydrogens (primary N) is 1. The second-order valence-corrected chi connectivity index (χ2v) is 12.6. The lowest BCUT2D eigenvalue weighted by molar-refractivity contribution is -0.0515. The highest BCUT2D eigenvalue weighted by Crippen LogP contribution is 2.37. The smallest absolute Gasteiger partial charge is 0.387 e. The molecule has 0 aliphatic heterocycles. The summed E-state index contributed by atoms with van der Waals surface area (Å²) in [4.78, 5) is 17.8. The molecule has 0 radical (unpaired) electrons. The van der Waals surface area contributed by atoms with Gasteiger partial charge in [-0.15, -0.1) is 0 Å². The summed E-state index contributed by atoms with van der Waals surface area (Å²) in [7, 11) is -3.71. The standard InChI is InChI=1S/C28H30F4N4O6S/c1-14(33)25-24(36-27(42-25)16-4-9-22(41-28(31)32)23(10-16)40-13-15-2-3-15)26(37)35-21(12-34-43(38,39)18-6-7-18)19-8-5-17(29)11-20(19)30/h4-5,8-11,14-15,18,21,28,34H,2-3,6-7,12-13,33H2,1H3,(H,35,37)/t14-,21?/m0/s1. The first-order valence-electron chi connectivity index (χ1n) is 13.6. The molecule has 15 heteroatoms. The van der Waals surface area contributed by atoms with Gasteiger partial charge in [-0.25, -0.2) is 26.9 Å². The van der Waals surface area contributed by atoms with Gasteiger partial charge in [0, 0.05) is 23.7 Å². The number of carbonyl (C=O) groups is 1. The van der Waals surface area contributed by atoms with Crippen molar-refractivity contribution in [3.8, 4) is 23.0 Å². The quantitative estimate of drug-likeness (QED) is 0.221. The second kappa shape index (κ2) is 12.5. The van der Waals surface area contributed by atoms with E-state index in [0.717, 1.165) is 25.0 Å². The van der Waals surface area contributed by atoms with Crippen LogP contribution in [0.4, 0.5) is 17.6 Å². The van der Waals surface area contributed by atoms with Crippen LogP contribution in [-0.2, 0) is 10.0 Å². The topological polar surface area (TPSA) is 146 Å². The number of rotatable bonds is 14. The number of nitrogens with zero attached hydrogens (tertiary/aromatic N) is 1. The molecule has 232 valence electrons. The molecule has 2 aromatic carbocycles. The van der Waals surface area contributed by atoms with Crippen LogP contribution < -0.4 is 25.2 Å². The van der Waals surface area contributed by atoms with Crippen LogP contribution in [0.2, 0.25) is 0 Å². The summed E-state index contributed by atoms with van der Waals surface area (Å²) in [5.41, 5.74) is 5.89. The number of nitrogens with one attached hydrogen (secondary N) is 2. The maximum Gasteiger partial charge on any atom is 0.387 e. The van der Waals surface area contributed by atoms with E-state index in [-0.39, 0.29) is 40.0 Å². The van der Waals surface area contributed by atoms with Crippen LogP contribution in [0, 0.1) is 17.6 Å². The van der Waals surface area contributed by atoms with Gasteiger partial charge in [0.05, 0.1) is 23.9 Å². The molecule has 1 amide bonds. The minimum atomic E-state index is -3.71. The Morgan fingerprint density at radius 3 is 2.49 bits per heavy atom. The van der Waals surface area contributed by atoms with E-state index in [9.17, 15) is 30.8 Å². The molecule has 10 nitrogen and oxygen atoms in total. The van der Waals surface area contributed by atoms with Crippen LogP contribution in [0.25, 0.3) is 11.5 Å². The van der Waals surface area contributed by atoms with Crippen molar-refractivity contribution in [1.29, 1.82) is 0 Å². The Balaban J connectivity index is 1.43. The van der Waals surface area contributed by atoms with Gasteiger partial charge >= 0.3 is 6.61 Å². The Morgan fingerprint density at radius 2 is 1.86 bits per heavy atom. The Bertz CT molecular complexity index is 1590. The van der Waals surface area contributed by atoms with Gasteiger partial charge in [-0.2, -0.15) is 8.78 Å². The van der Waals surface area contributed by atoms with Crippen molar-refractivity contribution >= 4 is 15.9 Å². The summed E-state index contributed by atoms with van der Waals surface area (Å²) in [5, 5.41) is 1.98. The molecule has 4 N–H and O–H groups in total. The minimum absolute atomic E-state index is 0.0334. The van der Waals surface area contributed by atoms with Crippen LogP contribution >= 0.6 is 0 Å². The van der Waals surface area contributed by atoms with Crippen LogP contribution in [0.3, 0.4) is 0 Å². The van der Waals surface area contributed by atoms with Crippen LogP contribution in [0.15, 0.2) is 40.8 Å². The van der Waals surface area contributed by atoms with E-state index in [1.54, 1.807) is 0 Å². The predicted molar refractivity (Wildman–Crippen MR) is 146 cm³/mol. The summed E-state index contributed by atoms with van der Waals surface area (Å²) in [6.07, 6.45) is 2.90.